The highest BCUT2D eigenvalue weighted by Crippen LogP contribution is 2.22. The lowest BCUT2D eigenvalue weighted by atomic mass is 9.96. The highest BCUT2D eigenvalue weighted by molar-refractivity contribution is 5.29. The Labute approximate surface area is 112 Å². The zero-order valence-electron chi connectivity index (χ0n) is 11.2. The number of benzene rings is 1. The summed E-state index contributed by atoms with van der Waals surface area (Å²) in [5, 5.41) is 4.13. The van der Waals surface area contributed by atoms with Crippen molar-refractivity contribution in [2.24, 2.45) is 12.9 Å². The normalized spacial score (nSPS) is 12.6. The highest BCUT2D eigenvalue weighted by atomic mass is 19.1. The summed E-state index contributed by atoms with van der Waals surface area (Å²) >= 11 is 0. The molecule has 0 aliphatic rings. The summed E-state index contributed by atoms with van der Waals surface area (Å²) in [4.78, 5) is 0. The van der Waals surface area contributed by atoms with Crippen molar-refractivity contribution in [2.75, 3.05) is 0 Å². The number of nitrogens with zero attached hydrogens (tertiary/aromatic N) is 2. The molecule has 1 heterocycles. The molecule has 0 saturated heterocycles. The molecule has 0 aliphatic heterocycles. The van der Waals surface area contributed by atoms with E-state index in [-0.39, 0.29) is 11.9 Å². The lowest BCUT2D eigenvalue weighted by Gasteiger charge is -2.18. The maximum absolute atomic E-state index is 13.3. The lowest BCUT2D eigenvalue weighted by Crippen LogP contribution is -2.29. The van der Waals surface area contributed by atoms with Crippen molar-refractivity contribution in [3.63, 3.8) is 0 Å². The number of hydrogen-bond donors (Lipinski definition) is 2. The van der Waals surface area contributed by atoms with Gasteiger partial charge in [0.1, 0.15) is 5.82 Å². The summed E-state index contributed by atoms with van der Waals surface area (Å²) in [5.74, 6) is 5.37. The van der Waals surface area contributed by atoms with E-state index < -0.39 is 0 Å². The Hall–Kier alpha value is -1.72. The van der Waals surface area contributed by atoms with Gasteiger partial charge in [0.2, 0.25) is 0 Å². The van der Waals surface area contributed by atoms with E-state index in [2.05, 4.69) is 10.5 Å². The first-order chi connectivity index (χ1) is 9.10. The summed E-state index contributed by atoms with van der Waals surface area (Å²) in [7, 11) is 1.89. The molecule has 2 rings (SSSR count). The Morgan fingerprint density at radius 3 is 2.89 bits per heavy atom. The number of nitrogens with two attached hydrogens (primary N) is 1. The summed E-state index contributed by atoms with van der Waals surface area (Å²) in [5.41, 5.74) is 5.87. The SMILES string of the molecule is Cc1ccc(F)cc1C(CCc1cnn(C)c1)NN. The molecule has 3 N–H and O–H groups in total. The fourth-order valence-corrected chi connectivity index (χ4v) is 2.23. The predicted molar refractivity (Wildman–Crippen MR) is 72.7 cm³/mol. The summed E-state index contributed by atoms with van der Waals surface area (Å²) in [6, 6.07) is 4.73. The van der Waals surface area contributed by atoms with Crippen molar-refractivity contribution in [1.29, 1.82) is 0 Å². The van der Waals surface area contributed by atoms with E-state index in [9.17, 15) is 4.39 Å². The van der Waals surface area contributed by atoms with Crippen molar-refractivity contribution in [2.45, 2.75) is 25.8 Å². The molecule has 0 aliphatic carbocycles. The summed E-state index contributed by atoms with van der Waals surface area (Å²) in [6.07, 6.45) is 5.46. The van der Waals surface area contributed by atoms with Crippen LogP contribution in [0.1, 0.15) is 29.2 Å². The number of hydrazine groups is 1. The monoisotopic (exact) mass is 262 g/mol. The van der Waals surface area contributed by atoms with E-state index in [1.807, 2.05) is 26.4 Å². The van der Waals surface area contributed by atoms with Gasteiger partial charge in [0.05, 0.1) is 6.20 Å². The van der Waals surface area contributed by atoms with Crippen LogP contribution in [0.2, 0.25) is 0 Å². The average molecular weight is 262 g/mol. The molecular formula is C14H19FN4. The molecule has 102 valence electrons. The van der Waals surface area contributed by atoms with E-state index >= 15 is 0 Å². The average Bonchev–Trinajstić information content (AvgIpc) is 2.80. The molecule has 19 heavy (non-hydrogen) atoms. The fourth-order valence-electron chi connectivity index (χ4n) is 2.23. The van der Waals surface area contributed by atoms with Gasteiger partial charge in [-0.1, -0.05) is 6.07 Å². The zero-order chi connectivity index (χ0) is 13.8. The van der Waals surface area contributed by atoms with Gasteiger partial charge in [0.25, 0.3) is 0 Å². The van der Waals surface area contributed by atoms with E-state index in [0.29, 0.717) is 0 Å². The number of rotatable bonds is 5. The summed E-state index contributed by atoms with van der Waals surface area (Å²) in [6.45, 7) is 1.96. The minimum Gasteiger partial charge on any atom is -0.276 e. The number of hydrogen-bond acceptors (Lipinski definition) is 3. The molecule has 5 heteroatoms. The number of halogens is 1. The van der Waals surface area contributed by atoms with Crippen molar-refractivity contribution < 1.29 is 4.39 Å². The molecule has 2 aromatic rings. The second kappa shape index (κ2) is 5.95. The van der Waals surface area contributed by atoms with E-state index in [4.69, 9.17) is 5.84 Å². The van der Waals surface area contributed by atoms with Crippen molar-refractivity contribution >= 4 is 0 Å². The van der Waals surface area contributed by atoms with Gasteiger partial charge in [-0.25, -0.2) is 4.39 Å². The number of nitrogens with one attached hydrogen (secondary N) is 1. The first-order valence-corrected chi connectivity index (χ1v) is 6.30. The van der Waals surface area contributed by atoms with Crippen LogP contribution in [0.15, 0.2) is 30.6 Å². The maximum Gasteiger partial charge on any atom is 0.123 e. The molecule has 1 atom stereocenters. The molecule has 0 radical (unpaired) electrons. The summed E-state index contributed by atoms with van der Waals surface area (Å²) < 4.78 is 15.1. The first-order valence-electron chi connectivity index (χ1n) is 6.30. The number of aromatic nitrogens is 2. The van der Waals surface area contributed by atoms with Crippen LogP contribution in [0.4, 0.5) is 4.39 Å². The third-order valence-corrected chi connectivity index (χ3v) is 3.30. The third kappa shape index (κ3) is 3.39. The molecular weight excluding hydrogens is 243 g/mol. The largest absolute Gasteiger partial charge is 0.276 e. The first kappa shape index (κ1) is 13.7. The molecule has 0 spiro atoms. The minimum absolute atomic E-state index is 0.0593. The Balaban J connectivity index is 2.09. The third-order valence-electron chi connectivity index (χ3n) is 3.30. The second-order valence-electron chi connectivity index (χ2n) is 4.78. The molecule has 1 aromatic heterocycles. The van der Waals surface area contributed by atoms with E-state index in [0.717, 1.165) is 29.5 Å². The zero-order valence-corrected chi connectivity index (χ0v) is 11.2. The van der Waals surface area contributed by atoms with Crippen LogP contribution in [0.5, 0.6) is 0 Å². The molecule has 1 unspecified atom stereocenters. The number of aryl methyl sites for hydroxylation is 3. The van der Waals surface area contributed by atoms with Gasteiger partial charge in [-0.2, -0.15) is 5.10 Å². The second-order valence-corrected chi connectivity index (χ2v) is 4.78. The highest BCUT2D eigenvalue weighted by Gasteiger charge is 2.13. The Bertz CT molecular complexity index is 550. The van der Waals surface area contributed by atoms with Crippen LogP contribution in [0.25, 0.3) is 0 Å². The smallest absolute Gasteiger partial charge is 0.123 e. The van der Waals surface area contributed by atoms with Crippen LogP contribution in [-0.2, 0) is 13.5 Å². The molecule has 4 nitrogen and oxygen atoms in total. The molecule has 0 bridgehead atoms. The quantitative estimate of drug-likeness (QED) is 0.640. The van der Waals surface area contributed by atoms with Gasteiger partial charge in [-0.05, 0) is 48.6 Å². The van der Waals surface area contributed by atoms with Gasteiger partial charge in [-0.3, -0.25) is 16.0 Å². The van der Waals surface area contributed by atoms with Gasteiger partial charge < -0.3 is 0 Å². The Morgan fingerprint density at radius 2 is 2.26 bits per heavy atom. The van der Waals surface area contributed by atoms with Crippen LogP contribution >= 0.6 is 0 Å². The predicted octanol–water partition coefficient (Wildman–Crippen LogP) is 2.00. The van der Waals surface area contributed by atoms with Gasteiger partial charge in [0, 0.05) is 19.3 Å². The lowest BCUT2D eigenvalue weighted by molar-refractivity contribution is 0.509. The van der Waals surface area contributed by atoms with Crippen LogP contribution in [-0.4, -0.2) is 9.78 Å². The topological polar surface area (TPSA) is 55.9 Å². The molecule has 0 amide bonds. The molecule has 0 saturated carbocycles. The van der Waals surface area contributed by atoms with Gasteiger partial charge in [0.15, 0.2) is 0 Å². The standard InChI is InChI=1S/C14H19FN4/c1-10-3-5-12(15)7-13(10)14(18-16)6-4-11-8-17-19(2)9-11/h3,5,7-9,14,18H,4,6,16H2,1-2H3. The minimum atomic E-state index is -0.234. The van der Waals surface area contributed by atoms with Gasteiger partial charge >= 0.3 is 0 Å². The van der Waals surface area contributed by atoms with Crippen LogP contribution in [0, 0.1) is 12.7 Å². The van der Waals surface area contributed by atoms with Crippen LogP contribution in [0.3, 0.4) is 0 Å². The molecule has 0 fully saturated rings. The Kier molecular flexibility index (Phi) is 4.29. The van der Waals surface area contributed by atoms with Crippen LogP contribution < -0.4 is 11.3 Å². The maximum atomic E-state index is 13.3. The van der Waals surface area contributed by atoms with E-state index in [1.165, 1.54) is 6.07 Å². The van der Waals surface area contributed by atoms with E-state index in [1.54, 1.807) is 16.8 Å². The van der Waals surface area contributed by atoms with Crippen molar-refractivity contribution in [3.8, 4) is 0 Å². The van der Waals surface area contributed by atoms with Gasteiger partial charge in [-0.15, -0.1) is 0 Å². The Morgan fingerprint density at radius 1 is 1.47 bits per heavy atom. The fraction of sp³-hybridized carbons (Fsp3) is 0.357. The van der Waals surface area contributed by atoms with Crippen molar-refractivity contribution in [1.82, 2.24) is 15.2 Å². The van der Waals surface area contributed by atoms with Crippen molar-refractivity contribution in [3.05, 3.63) is 53.1 Å². The molecule has 1 aromatic carbocycles.